The van der Waals surface area contributed by atoms with Crippen LogP contribution in [0.25, 0.3) is 0 Å². The van der Waals surface area contributed by atoms with Crippen LogP contribution in [0.3, 0.4) is 0 Å². The second-order valence-electron chi connectivity index (χ2n) is 3.05. The van der Waals surface area contributed by atoms with E-state index in [1.165, 1.54) is 17.6 Å². The summed E-state index contributed by atoms with van der Waals surface area (Å²) in [4.78, 5) is 12.6. The van der Waals surface area contributed by atoms with E-state index >= 15 is 0 Å². The monoisotopic (exact) mass is 193 g/mol. The smallest absolute Gasteiger partial charge is 0.413 e. The van der Waals surface area contributed by atoms with Crippen LogP contribution in [0.5, 0.6) is 0 Å². The number of methoxy groups -OCH3 is 1. The van der Waals surface area contributed by atoms with E-state index < -0.39 is 0 Å². The molecule has 1 aromatic rings. The predicted octanol–water partition coefficient (Wildman–Crippen LogP) is 2.45. The Kier molecular flexibility index (Phi) is 3.51. The molecule has 1 amide bonds. The minimum atomic E-state index is -0.353. The maximum atomic E-state index is 11.2. The predicted molar refractivity (Wildman–Crippen MR) is 56.6 cm³/mol. The Morgan fingerprint density at radius 2 is 1.93 bits per heavy atom. The van der Waals surface area contributed by atoms with Crippen LogP contribution in [0.4, 0.5) is 10.5 Å². The van der Waals surface area contributed by atoms with Crippen LogP contribution in [0.1, 0.15) is 12.5 Å². The van der Waals surface area contributed by atoms with Crippen molar-refractivity contribution in [1.29, 1.82) is 0 Å². The summed E-state index contributed by atoms with van der Waals surface area (Å²) in [7, 11) is 3.06. The van der Waals surface area contributed by atoms with Crippen molar-refractivity contribution in [2.24, 2.45) is 0 Å². The average molecular weight is 193 g/mol. The SMILES string of the molecule is CCc1ccc(N(C)C(=O)OC)cc1. The fourth-order valence-electron chi connectivity index (χ4n) is 1.20. The standard InChI is InChI=1S/C11H15NO2/c1-4-9-5-7-10(8-6-9)12(2)11(13)14-3/h5-8H,4H2,1-3H3. The van der Waals surface area contributed by atoms with Gasteiger partial charge in [0.1, 0.15) is 0 Å². The average Bonchev–Trinajstić information content (AvgIpc) is 2.27. The highest BCUT2D eigenvalue weighted by atomic mass is 16.5. The highest BCUT2D eigenvalue weighted by molar-refractivity contribution is 5.86. The van der Waals surface area contributed by atoms with Crippen molar-refractivity contribution in [3.63, 3.8) is 0 Å². The Morgan fingerprint density at radius 3 is 2.36 bits per heavy atom. The first-order valence-corrected chi connectivity index (χ1v) is 4.59. The molecule has 0 aromatic heterocycles. The number of benzene rings is 1. The fraction of sp³-hybridized carbons (Fsp3) is 0.364. The summed E-state index contributed by atoms with van der Waals surface area (Å²) in [5.74, 6) is 0. The van der Waals surface area contributed by atoms with E-state index in [9.17, 15) is 4.79 Å². The topological polar surface area (TPSA) is 29.5 Å². The van der Waals surface area contributed by atoms with Crippen molar-refractivity contribution >= 4 is 11.8 Å². The molecular formula is C11H15NO2. The third-order valence-electron chi connectivity index (χ3n) is 2.18. The second-order valence-corrected chi connectivity index (χ2v) is 3.05. The van der Waals surface area contributed by atoms with E-state index in [0.717, 1.165) is 12.1 Å². The maximum absolute atomic E-state index is 11.2. The van der Waals surface area contributed by atoms with Crippen molar-refractivity contribution in [1.82, 2.24) is 0 Å². The van der Waals surface area contributed by atoms with Crippen molar-refractivity contribution in [3.05, 3.63) is 29.8 Å². The number of nitrogens with zero attached hydrogens (tertiary/aromatic N) is 1. The third-order valence-corrected chi connectivity index (χ3v) is 2.18. The fourth-order valence-corrected chi connectivity index (χ4v) is 1.20. The number of hydrogen-bond acceptors (Lipinski definition) is 2. The molecule has 14 heavy (non-hydrogen) atoms. The lowest BCUT2D eigenvalue weighted by molar-refractivity contribution is 0.180. The van der Waals surface area contributed by atoms with Crippen LogP contribution in [-0.4, -0.2) is 20.3 Å². The van der Waals surface area contributed by atoms with Gasteiger partial charge in [0.25, 0.3) is 0 Å². The van der Waals surface area contributed by atoms with E-state index in [1.807, 2.05) is 24.3 Å². The molecule has 0 bridgehead atoms. The Bertz CT molecular complexity index is 306. The zero-order valence-corrected chi connectivity index (χ0v) is 8.78. The Balaban J connectivity index is 2.81. The molecule has 1 aromatic carbocycles. The first kappa shape index (κ1) is 10.6. The van der Waals surface area contributed by atoms with Gasteiger partial charge in [-0.05, 0) is 24.1 Å². The molecule has 0 N–H and O–H groups in total. The molecular weight excluding hydrogens is 178 g/mol. The summed E-state index contributed by atoms with van der Waals surface area (Å²) in [5.41, 5.74) is 2.10. The number of ether oxygens (including phenoxy) is 1. The largest absolute Gasteiger partial charge is 0.452 e. The van der Waals surface area contributed by atoms with Gasteiger partial charge >= 0.3 is 6.09 Å². The van der Waals surface area contributed by atoms with Crippen molar-refractivity contribution in [2.45, 2.75) is 13.3 Å². The number of carbonyl (C=O) groups excluding carboxylic acids is 1. The van der Waals surface area contributed by atoms with E-state index in [0.29, 0.717) is 0 Å². The Hall–Kier alpha value is -1.51. The van der Waals surface area contributed by atoms with Crippen LogP contribution in [0, 0.1) is 0 Å². The van der Waals surface area contributed by atoms with Crippen LogP contribution in [0.2, 0.25) is 0 Å². The van der Waals surface area contributed by atoms with Crippen molar-refractivity contribution in [3.8, 4) is 0 Å². The molecule has 0 atom stereocenters. The van der Waals surface area contributed by atoms with E-state index in [-0.39, 0.29) is 6.09 Å². The summed E-state index contributed by atoms with van der Waals surface area (Å²) < 4.78 is 4.61. The van der Waals surface area contributed by atoms with Gasteiger partial charge in [0, 0.05) is 12.7 Å². The number of rotatable bonds is 2. The lowest BCUT2D eigenvalue weighted by Gasteiger charge is -2.15. The molecule has 0 saturated carbocycles. The normalized spacial score (nSPS) is 9.64. The summed E-state index contributed by atoms with van der Waals surface area (Å²) in [6, 6.07) is 7.84. The van der Waals surface area contributed by atoms with Gasteiger partial charge in [0.2, 0.25) is 0 Å². The van der Waals surface area contributed by atoms with E-state index in [4.69, 9.17) is 0 Å². The third kappa shape index (κ3) is 2.25. The van der Waals surface area contributed by atoms with Gasteiger partial charge in [-0.3, -0.25) is 4.90 Å². The summed E-state index contributed by atoms with van der Waals surface area (Å²) in [6.45, 7) is 2.10. The quantitative estimate of drug-likeness (QED) is 0.722. The summed E-state index contributed by atoms with van der Waals surface area (Å²) in [5, 5.41) is 0. The molecule has 0 radical (unpaired) electrons. The lowest BCUT2D eigenvalue weighted by Crippen LogP contribution is -2.25. The van der Waals surface area contributed by atoms with Gasteiger partial charge in [0.05, 0.1) is 7.11 Å². The summed E-state index contributed by atoms with van der Waals surface area (Å²) >= 11 is 0. The zero-order valence-electron chi connectivity index (χ0n) is 8.78. The van der Waals surface area contributed by atoms with Crippen LogP contribution >= 0.6 is 0 Å². The molecule has 76 valence electrons. The molecule has 0 aliphatic rings. The molecule has 0 aliphatic heterocycles. The molecule has 3 heteroatoms. The lowest BCUT2D eigenvalue weighted by atomic mass is 10.1. The molecule has 3 nitrogen and oxygen atoms in total. The molecule has 0 unspecified atom stereocenters. The zero-order chi connectivity index (χ0) is 10.6. The number of hydrogen-bond donors (Lipinski definition) is 0. The molecule has 0 saturated heterocycles. The van der Waals surface area contributed by atoms with Crippen LogP contribution in [-0.2, 0) is 11.2 Å². The molecule has 0 aliphatic carbocycles. The molecule has 1 rings (SSSR count). The van der Waals surface area contributed by atoms with Crippen LogP contribution < -0.4 is 4.90 Å². The molecule has 0 heterocycles. The summed E-state index contributed by atoms with van der Waals surface area (Å²) in [6.07, 6.45) is 0.650. The van der Waals surface area contributed by atoms with E-state index in [2.05, 4.69) is 11.7 Å². The van der Waals surface area contributed by atoms with Crippen molar-refractivity contribution < 1.29 is 9.53 Å². The molecule has 0 spiro atoms. The van der Waals surface area contributed by atoms with Crippen molar-refractivity contribution in [2.75, 3.05) is 19.1 Å². The highest BCUT2D eigenvalue weighted by Gasteiger charge is 2.09. The molecule has 0 fully saturated rings. The van der Waals surface area contributed by atoms with Gasteiger partial charge in [-0.15, -0.1) is 0 Å². The minimum absolute atomic E-state index is 0.353. The van der Waals surface area contributed by atoms with Gasteiger partial charge in [-0.2, -0.15) is 0 Å². The van der Waals surface area contributed by atoms with Gasteiger partial charge in [0.15, 0.2) is 0 Å². The minimum Gasteiger partial charge on any atom is -0.452 e. The number of aryl methyl sites for hydroxylation is 1. The number of amides is 1. The Labute approximate surface area is 84.3 Å². The van der Waals surface area contributed by atoms with Crippen LogP contribution in [0.15, 0.2) is 24.3 Å². The first-order chi connectivity index (χ1) is 6.69. The number of anilines is 1. The van der Waals surface area contributed by atoms with Gasteiger partial charge in [-0.25, -0.2) is 4.79 Å². The first-order valence-electron chi connectivity index (χ1n) is 4.59. The van der Waals surface area contributed by atoms with Gasteiger partial charge in [-0.1, -0.05) is 19.1 Å². The second kappa shape index (κ2) is 4.65. The maximum Gasteiger partial charge on any atom is 0.413 e. The highest BCUT2D eigenvalue weighted by Crippen LogP contribution is 2.14. The Morgan fingerprint density at radius 1 is 1.36 bits per heavy atom. The number of carbonyl (C=O) groups is 1. The van der Waals surface area contributed by atoms with E-state index in [1.54, 1.807) is 7.05 Å². The van der Waals surface area contributed by atoms with Gasteiger partial charge < -0.3 is 4.74 Å².